The highest BCUT2D eigenvalue weighted by Crippen LogP contribution is 2.09. The van der Waals surface area contributed by atoms with Crippen LogP contribution in [0.2, 0.25) is 0 Å². The molecule has 8 nitrogen and oxygen atoms in total. The van der Waals surface area contributed by atoms with Gasteiger partial charge < -0.3 is 5.11 Å². The molecule has 28 heavy (non-hydrogen) atoms. The zero-order valence-electron chi connectivity index (χ0n) is 14.8. The van der Waals surface area contributed by atoms with E-state index in [-0.39, 0.29) is 12.1 Å². The molecule has 1 aromatic heterocycles. The number of benzene rings is 2. The molecule has 0 fully saturated rings. The van der Waals surface area contributed by atoms with Gasteiger partial charge in [-0.25, -0.2) is 10.2 Å². The molecule has 0 aliphatic rings. The van der Waals surface area contributed by atoms with E-state index in [1.54, 1.807) is 30.3 Å². The fourth-order valence-corrected chi connectivity index (χ4v) is 2.59. The molecular weight excluding hydrogens is 360 g/mol. The summed E-state index contributed by atoms with van der Waals surface area (Å²) in [7, 11) is 0. The first-order chi connectivity index (χ1) is 13.6. The van der Waals surface area contributed by atoms with E-state index in [9.17, 15) is 19.5 Å². The third-order valence-electron chi connectivity index (χ3n) is 4.07. The number of rotatable bonds is 6. The molecule has 0 saturated carbocycles. The van der Waals surface area contributed by atoms with Crippen molar-refractivity contribution in [3.05, 3.63) is 98.2 Å². The predicted octanol–water partition coefficient (Wildman–Crippen LogP) is 1.25. The Balaban J connectivity index is 1.78. The molecule has 0 bridgehead atoms. The Kier molecular flexibility index (Phi) is 5.81. The Morgan fingerprint density at radius 1 is 1.07 bits per heavy atom. The van der Waals surface area contributed by atoms with E-state index in [0.717, 1.165) is 16.3 Å². The average Bonchev–Trinajstić information content (AvgIpc) is 2.71. The van der Waals surface area contributed by atoms with Gasteiger partial charge in [-0.15, -0.1) is 0 Å². The van der Waals surface area contributed by atoms with Crippen LogP contribution in [0.1, 0.15) is 21.5 Å². The number of nitrogens with zero attached hydrogens (tertiary/aromatic N) is 2. The van der Waals surface area contributed by atoms with Crippen LogP contribution in [0, 0.1) is 0 Å². The van der Waals surface area contributed by atoms with Crippen LogP contribution >= 0.6 is 0 Å². The molecule has 1 amide bonds. The van der Waals surface area contributed by atoms with E-state index in [2.05, 4.69) is 15.5 Å². The number of carbonyl (C=O) groups excluding carboxylic acids is 1. The number of aromatic nitrogens is 2. The van der Waals surface area contributed by atoms with Gasteiger partial charge in [0.15, 0.2) is 0 Å². The lowest BCUT2D eigenvalue weighted by atomic mass is 10.1. The van der Waals surface area contributed by atoms with Crippen molar-refractivity contribution in [3.8, 4) is 5.88 Å². The number of aromatic amines is 1. The van der Waals surface area contributed by atoms with Gasteiger partial charge in [-0.05, 0) is 24.1 Å². The molecule has 0 atom stereocenters. The van der Waals surface area contributed by atoms with Gasteiger partial charge in [-0.2, -0.15) is 5.10 Å². The van der Waals surface area contributed by atoms with Gasteiger partial charge in [0.25, 0.3) is 11.5 Å². The van der Waals surface area contributed by atoms with E-state index in [4.69, 9.17) is 0 Å². The molecule has 3 rings (SSSR count). The molecule has 0 aliphatic heterocycles. The highest BCUT2D eigenvalue weighted by molar-refractivity contribution is 5.94. The summed E-state index contributed by atoms with van der Waals surface area (Å²) < 4.78 is 1.05. The summed E-state index contributed by atoms with van der Waals surface area (Å²) in [6, 6.07) is 17.8. The summed E-state index contributed by atoms with van der Waals surface area (Å²) in [5, 5.41) is 14.1. The van der Waals surface area contributed by atoms with Crippen LogP contribution in [0.25, 0.3) is 0 Å². The molecule has 0 spiro atoms. The minimum atomic E-state index is -0.795. The number of hydrogen-bond donors (Lipinski definition) is 3. The van der Waals surface area contributed by atoms with Crippen LogP contribution in [0.5, 0.6) is 5.88 Å². The lowest BCUT2D eigenvalue weighted by Crippen LogP contribution is -2.33. The second kappa shape index (κ2) is 8.63. The van der Waals surface area contributed by atoms with Crippen LogP contribution in [-0.2, 0) is 13.0 Å². The predicted molar refractivity (Wildman–Crippen MR) is 105 cm³/mol. The molecule has 2 aromatic carbocycles. The summed E-state index contributed by atoms with van der Waals surface area (Å²) in [6.45, 7) is 0.169. The first-order valence-corrected chi connectivity index (χ1v) is 8.54. The number of aryl methyl sites for hydroxylation is 1. The molecule has 142 valence electrons. The SMILES string of the molecule is O=C(NN=Cc1c(O)n(CCc2ccccc2)c(=O)[nH]c1=O)c1ccccc1. The van der Waals surface area contributed by atoms with E-state index in [1.807, 2.05) is 30.3 Å². The van der Waals surface area contributed by atoms with E-state index in [0.29, 0.717) is 12.0 Å². The van der Waals surface area contributed by atoms with Crippen LogP contribution in [-0.4, -0.2) is 26.8 Å². The molecule has 0 aliphatic carbocycles. The second-order valence-electron chi connectivity index (χ2n) is 5.95. The highest BCUT2D eigenvalue weighted by atomic mass is 16.3. The topological polar surface area (TPSA) is 117 Å². The lowest BCUT2D eigenvalue weighted by molar-refractivity contribution is 0.0955. The van der Waals surface area contributed by atoms with Crippen LogP contribution in [0.3, 0.4) is 0 Å². The first-order valence-electron chi connectivity index (χ1n) is 8.54. The molecule has 0 saturated heterocycles. The number of hydrazone groups is 1. The Bertz CT molecular complexity index is 1100. The van der Waals surface area contributed by atoms with Gasteiger partial charge in [-0.1, -0.05) is 48.5 Å². The number of carbonyl (C=O) groups is 1. The summed E-state index contributed by atoms with van der Waals surface area (Å²) in [4.78, 5) is 38.1. The van der Waals surface area contributed by atoms with Gasteiger partial charge in [0.2, 0.25) is 5.88 Å². The van der Waals surface area contributed by atoms with Gasteiger partial charge in [0.1, 0.15) is 5.56 Å². The highest BCUT2D eigenvalue weighted by Gasteiger charge is 2.13. The third-order valence-corrected chi connectivity index (χ3v) is 4.07. The molecule has 0 unspecified atom stereocenters. The summed E-state index contributed by atoms with van der Waals surface area (Å²) in [5.74, 6) is -0.979. The molecule has 3 aromatic rings. The Morgan fingerprint density at radius 3 is 2.39 bits per heavy atom. The smallest absolute Gasteiger partial charge is 0.331 e. The summed E-state index contributed by atoms with van der Waals surface area (Å²) in [6.07, 6.45) is 1.50. The van der Waals surface area contributed by atoms with Gasteiger partial charge in [-0.3, -0.25) is 19.1 Å². The number of amides is 1. The normalized spacial score (nSPS) is 10.9. The fourth-order valence-electron chi connectivity index (χ4n) is 2.59. The van der Waals surface area contributed by atoms with Crippen molar-refractivity contribution < 1.29 is 9.90 Å². The maximum atomic E-state index is 12.0. The zero-order valence-corrected chi connectivity index (χ0v) is 14.8. The number of nitrogens with one attached hydrogen (secondary N) is 2. The summed E-state index contributed by atoms with van der Waals surface area (Å²) >= 11 is 0. The lowest BCUT2D eigenvalue weighted by Gasteiger charge is -2.09. The molecule has 3 N–H and O–H groups in total. The van der Waals surface area contributed by atoms with E-state index < -0.39 is 23.0 Å². The molecular formula is C20H18N4O4. The maximum Gasteiger partial charge on any atom is 0.331 e. The monoisotopic (exact) mass is 378 g/mol. The minimum absolute atomic E-state index is 0.169. The zero-order chi connectivity index (χ0) is 19.9. The third kappa shape index (κ3) is 4.42. The maximum absolute atomic E-state index is 12.0. The van der Waals surface area contributed by atoms with Gasteiger partial charge in [0.05, 0.1) is 6.21 Å². The van der Waals surface area contributed by atoms with Crippen molar-refractivity contribution in [2.24, 2.45) is 5.10 Å². The summed E-state index contributed by atoms with van der Waals surface area (Å²) in [5.41, 5.74) is 1.91. The first kappa shape index (κ1) is 18.8. The van der Waals surface area contributed by atoms with Crippen molar-refractivity contribution in [2.75, 3.05) is 0 Å². The van der Waals surface area contributed by atoms with Crippen molar-refractivity contribution in [3.63, 3.8) is 0 Å². The van der Waals surface area contributed by atoms with E-state index in [1.165, 1.54) is 0 Å². The molecule has 8 heteroatoms. The molecule has 1 heterocycles. The number of aromatic hydroxyl groups is 1. The second-order valence-corrected chi connectivity index (χ2v) is 5.95. The average molecular weight is 378 g/mol. The number of H-pyrrole nitrogens is 1. The van der Waals surface area contributed by atoms with Gasteiger partial charge in [0, 0.05) is 12.1 Å². The van der Waals surface area contributed by atoms with Crippen molar-refractivity contribution in [1.82, 2.24) is 15.0 Å². The van der Waals surface area contributed by atoms with E-state index >= 15 is 0 Å². The van der Waals surface area contributed by atoms with Crippen LogP contribution < -0.4 is 16.7 Å². The Morgan fingerprint density at radius 2 is 1.71 bits per heavy atom. The van der Waals surface area contributed by atoms with Crippen molar-refractivity contribution in [2.45, 2.75) is 13.0 Å². The van der Waals surface area contributed by atoms with Crippen LogP contribution in [0.4, 0.5) is 0 Å². The minimum Gasteiger partial charge on any atom is -0.494 e. The largest absolute Gasteiger partial charge is 0.494 e. The Labute approximate surface area is 159 Å². The van der Waals surface area contributed by atoms with Crippen LogP contribution in [0.15, 0.2) is 75.4 Å². The fraction of sp³-hybridized carbons (Fsp3) is 0.100. The molecule has 0 radical (unpaired) electrons. The van der Waals surface area contributed by atoms with Crippen molar-refractivity contribution in [1.29, 1.82) is 0 Å². The van der Waals surface area contributed by atoms with Gasteiger partial charge >= 0.3 is 5.69 Å². The quantitative estimate of drug-likeness (QED) is 0.442. The number of hydrogen-bond acceptors (Lipinski definition) is 5. The Hall–Kier alpha value is -3.94. The standard InChI is InChI=1S/C20H18N4O4/c25-17(15-9-5-2-6-10-15)23-21-13-16-18(26)22-20(28)24(19(16)27)12-11-14-7-3-1-4-8-14/h1-10,13,27H,11-12H2,(H,23,25)(H,22,26,28). The van der Waals surface area contributed by atoms with Crippen molar-refractivity contribution >= 4 is 12.1 Å².